The van der Waals surface area contributed by atoms with E-state index in [0.717, 1.165) is 17.4 Å². The summed E-state index contributed by atoms with van der Waals surface area (Å²) in [7, 11) is 0. The number of nitrogens with one attached hydrogen (secondary N) is 2. The molecular weight excluding hydrogens is 521 g/mol. The molecule has 1 atom stereocenters. The number of nitrogens with zero attached hydrogens (tertiary/aromatic N) is 2. The van der Waals surface area contributed by atoms with Gasteiger partial charge in [-0.25, -0.2) is 13.2 Å². The van der Waals surface area contributed by atoms with Crippen LogP contribution in [-0.2, 0) is 14.3 Å². The molecule has 0 unspecified atom stereocenters. The number of hydrogen-bond donors (Lipinski definition) is 2. The summed E-state index contributed by atoms with van der Waals surface area (Å²) in [5.41, 5.74) is 0.146. The summed E-state index contributed by atoms with van der Waals surface area (Å²) in [6.07, 6.45) is -1.38. The summed E-state index contributed by atoms with van der Waals surface area (Å²) in [6, 6.07) is 5.61. The lowest BCUT2D eigenvalue weighted by Crippen LogP contribution is -2.53. The van der Waals surface area contributed by atoms with E-state index < -0.39 is 36.6 Å². The number of morpholine rings is 1. The monoisotopic (exact) mass is 544 g/mol. The van der Waals surface area contributed by atoms with E-state index in [1.54, 1.807) is 6.07 Å². The molecule has 0 spiro atoms. The van der Waals surface area contributed by atoms with Gasteiger partial charge in [0.05, 0.1) is 28.1 Å². The first-order valence-corrected chi connectivity index (χ1v) is 12.5. The number of rotatable bonds is 10. The maximum Gasteiger partial charge on any atom is 0.261 e. The zero-order valence-electron chi connectivity index (χ0n) is 19.0. The summed E-state index contributed by atoms with van der Waals surface area (Å²) in [5, 5.41) is 5.18. The molecule has 1 aliphatic heterocycles. The van der Waals surface area contributed by atoms with Crippen molar-refractivity contribution in [3.63, 3.8) is 0 Å². The Bertz CT molecular complexity index is 1130. The molecule has 36 heavy (non-hydrogen) atoms. The highest BCUT2D eigenvalue weighted by Crippen LogP contribution is 2.30. The van der Waals surface area contributed by atoms with Gasteiger partial charge in [0.25, 0.3) is 18.2 Å². The van der Waals surface area contributed by atoms with Gasteiger partial charge in [0.1, 0.15) is 18.5 Å². The number of amides is 3. The summed E-state index contributed by atoms with van der Waals surface area (Å²) >= 11 is 6.92. The van der Waals surface area contributed by atoms with E-state index in [9.17, 15) is 27.6 Å². The number of anilines is 2. The van der Waals surface area contributed by atoms with Crippen molar-refractivity contribution >= 4 is 52.0 Å². The number of carbonyl (C=O) groups excluding carboxylic acids is 3. The molecule has 2 aromatic rings. The van der Waals surface area contributed by atoms with Crippen molar-refractivity contribution in [2.75, 3.05) is 43.1 Å². The molecule has 2 fully saturated rings. The van der Waals surface area contributed by atoms with Gasteiger partial charge in [-0.05, 0) is 43.2 Å². The Hall–Kier alpha value is -2.67. The number of carbonyl (C=O) groups is 3. The molecule has 2 aliphatic rings. The van der Waals surface area contributed by atoms with E-state index in [1.165, 1.54) is 28.0 Å². The minimum absolute atomic E-state index is 0.0528. The molecule has 1 saturated carbocycles. The van der Waals surface area contributed by atoms with E-state index in [2.05, 4.69) is 10.6 Å². The van der Waals surface area contributed by atoms with Gasteiger partial charge in [-0.3, -0.25) is 19.3 Å². The highest BCUT2D eigenvalue weighted by molar-refractivity contribution is 7.18. The maximum atomic E-state index is 14.8. The number of hydrogen-bond acceptors (Lipinski definition) is 6. The minimum atomic E-state index is -2.68. The highest BCUT2D eigenvalue weighted by atomic mass is 35.5. The number of alkyl halides is 2. The van der Waals surface area contributed by atoms with Gasteiger partial charge >= 0.3 is 0 Å². The van der Waals surface area contributed by atoms with Crippen LogP contribution in [0.25, 0.3) is 0 Å². The third-order valence-corrected chi connectivity index (χ3v) is 7.04. The molecule has 0 bridgehead atoms. The molecule has 3 amide bonds. The highest BCUT2D eigenvalue weighted by Gasteiger charge is 2.39. The quantitative estimate of drug-likeness (QED) is 0.479. The largest absolute Gasteiger partial charge is 0.370 e. The standard InChI is InChI=1S/C23H24ClF3N4O4S/c24-19-6-5-18(36-19)23(34)28-10-17(31(11-20(26)27)14-2-3-14)22(33)29-13-1-4-16(15(25)9-13)30-7-8-35-12-21(30)32/h1,4-6,9,14,17,20H,2-3,7-8,10-12H2,(H,28,34)(H,29,33)/t17-/m0/s1. The second-order valence-electron chi connectivity index (χ2n) is 8.40. The van der Waals surface area contributed by atoms with Crippen LogP contribution in [0.5, 0.6) is 0 Å². The van der Waals surface area contributed by atoms with E-state index in [1.807, 2.05) is 0 Å². The Labute approximate surface area is 214 Å². The molecule has 8 nitrogen and oxygen atoms in total. The lowest BCUT2D eigenvalue weighted by molar-refractivity contribution is -0.125. The SMILES string of the molecule is O=C(NC[C@@H](C(=O)Nc1ccc(N2CCOCC2=O)c(F)c1)N(CC(F)F)C1CC1)c1ccc(Cl)s1. The first-order valence-electron chi connectivity index (χ1n) is 11.3. The number of benzene rings is 1. The fourth-order valence-corrected chi connectivity index (χ4v) is 4.93. The van der Waals surface area contributed by atoms with Gasteiger partial charge < -0.3 is 20.3 Å². The molecule has 1 aliphatic carbocycles. The topological polar surface area (TPSA) is 91.0 Å². The van der Waals surface area contributed by atoms with Crippen LogP contribution in [0.15, 0.2) is 30.3 Å². The normalized spacial score (nSPS) is 16.9. The van der Waals surface area contributed by atoms with Crippen molar-refractivity contribution in [1.82, 2.24) is 10.2 Å². The van der Waals surface area contributed by atoms with Gasteiger partial charge in [0.15, 0.2) is 0 Å². The Morgan fingerprint density at radius 1 is 1.25 bits per heavy atom. The molecular formula is C23H24ClF3N4O4S. The number of halogens is 4. The summed E-state index contributed by atoms with van der Waals surface area (Å²) < 4.78 is 46.9. The predicted molar refractivity (Wildman–Crippen MR) is 129 cm³/mol. The van der Waals surface area contributed by atoms with Crippen molar-refractivity contribution in [3.05, 3.63) is 45.4 Å². The number of thiophene rings is 1. The molecule has 13 heteroatoms. The predicted octanol–water partition coefficient (Wildman–Crippen LogP) is 3.37. The third kappa shape index (κ3) is 6.55. The van der Waals surface area contributed by atoms with Gasteiger partial charge in [0, 0.05) is 24.8 Å². The molecule has 0 radical (unpaired) electrons. The zero-order valence-corrected chi connectivity index (χ0v) is 20.6. The second kappa shape index (κ2) is 11.6. The fraction of sp³-hybridized carbons (Fsp3) is 0.435. The van der Waals surface area contributed by atoms with E-state index in [0.29, 0.717) is 22.1 Å². The zero-order chi connectivity index (χ0) is 25.8. The summed E-state index contributed by atoms with van der Waals surface area (Å²) in [4.78, 5) is 40.7. The average Bonchev–Trinajstić information content (AvgIpc) is 3.58. The molecule has 1 saturated heterocycles. The van der Waals surface area contributed by atoms with Crippen molar-refractivity contribution in [3.8, 4) is 0 Å². The molecule has 2 N–H and O–H groups in total. The van der Waals surface area contributed by atoms with Crippen LogP contribution < -0.4 is 15.5 Å². The molecule has 1 aromatic heterocycles. The molecule has 2 heterocycles. The van der Waals surface area contributed by atoms with Gasteiger partial charge in [0.2, 0.25) is 5.91 Å². The third-order valence-electron chi connectivity index (χ3n) is 5.81. The summed E-state index contributed by atoms with van der Waals surface area (Å²) in [6.45, 7) is -0.551. The van der Waals surface area contributed by atoms with Crippen molar-refractivity contribution in [1.29, 1.82) is 0 Å². The van der Waals surface area contributed by atoms with E-state index >= 15 is 0 Å². The molecule has 4 rings (SSSR count). The number of ether oxygens (including phenoxy) is 1. The molecule has 1 aromatic carbocycles. The summed E-state index contributed by atoms with van der Waals surface area (Å²) in [5.74, 6) is -2.26. The van der Waals surface area contributed by atoms with Crippen molar-refractivity contribution < 1.29 is 32.3 Å². The maximum absolute atomic E-state index is 14.8. The fourth-order valence-electron chi connectivity index (χ4n) is 3.97. The van der Waals surface area contributed by atoms with Crippen LogP contribution in [0.2, 0.25) is 4.34 Å². The Kier molecular flexibility index (Phi) is 8.50. The van der Waals surface area contributed by atoms with Crippen molar-refractivity contribution in [2.24, 2.45) is 0 Å². The van der Waals surface area contributed by atoms with Crippen LogP contribution in [0.3, 0.4) is 0 Å². The first kappa shape index (κ1) is 26.4. The van der Waals surface area contributed by atoms with Crippen LogP contribution in [0.1, 0.15) is 22.5 Å². The smallest absolute Gasteiger partial charge is 0.261 e. The van der Waals surface area contributed by atoms with Crippen molar-refractivity contribution in [2.45, 2.75) is 31.4 Å². The van der Waals surface area contributed by atoms with Crippen LogP contribution in [0.4, 0.5) is 24.5 Å². The van der Waals surface area contributed by atoms with Gasteiger partial charge in [-0.15, -0.1) is 11.3 Å². The Morgan fingerprint density at radius 2 is 2.03 bits per heavy atom. The van der Waals surface area contributed by atoms with E-state index in [-0.39, 0.29) is 49.6 Å². The minimum Gasteiger partial charge on any atom is -0.370 e. The Balaban J connectivity index is 1.49. The van der Waals surface area contributed by atoms with Gasteiger partial charge in [-0.2, -0.15) is 0 Å². The average molecular weight is 545 g/mol. The lowest BCUT2D eigenvalue weighted by atomic mass is 10.1. The first-order chi connectivity index (χ1) is 17.2. The molecule has 194 valence electrons. The van der Waals surface area contributed by atoms with Gasteiger partial charge in [-0.1, -0.05) is 11.6 Å². The Morgan fingerprint density at radius 3 is 2.64 bits per heavy atom. The van der Waals surface area contributed by atoms with E-state index in [4.69, 9.17) is 16.3 Å². The van der Waals surface area contributed by atoms with Crippen LogP contribution in [0, 0.1) is 5.82 Å². The van der Waals surface area contributed by atoms with Crippen LogP contribution in [-0.4, -0.2) is 74.0 Å². The second-order valence-corrected chi connectivity index (χ2v) is 10.1. The lowest BCUT2D eigenvalue weighted by Gasteiger charge is -2.31. The van der Waals surface area contributed by atoms with Crippen LogP contribution >= 0.6 is 22.9 Å².